The van der Waals surface area contributed by atoms with Gasteiger partial charge < -0.3 is 24.0 Å². The van der Waals surface area contributed by atoms with Crippen LogP contribution in [0, 0.1) is 0 Å². The number of nitrogens with zero attached hydrogens (tertiary/aromatic N) is 1. The van der Waals surface area contributed by atoms with Crippen molar-refractivity contribution in [2.75, 3.05) is 67.8 Å². The van der Waals surface area contributed by atoms with Crippen LogP contribution in [0.25, 0.3) is 0 Å². The number of carbonyl (C=O) groups is 1. The summed E-state index contributed by atoms with van der Waals surface area (Å²) in [5, 5.41) is 2.68. The van der Waals surface area contributed by atoms with E-state index in [2.05, 4.69) is 26.5 Å². The number of alkyl carbamates (subject to hydrolysis) is 1. The molecule has 0 rings (SSSR count). The second kappa shape index (κ2) is 9.21. The Morgan fingerprint density at radius 2 is 1.76 bits per heavy atom. The molecular formula is C11H25N2O4+. The van der Waals surface area contributed by atoms with Crippen LogP contribution in [0.1, 0.15) is 0 Å². The van der Waals surface area contributed by atoms with E-state index in [1.54, 1.807) is 7.11 Å². The number of rotatable bonds is 9. The van der Waals surface area contributed by atoms with Gasteiger partial charge in [-0.3, -0.25) is 0 Å². The number of hydrogen-bond acceptors (Lipinski definition) is 4. The van der Waals surface area contributed by atoms with Gasteiger partial charge in [-0.05, 0) is 0 Å². The topological polar surface area (TPSA) is 56.8 Å². The maximum Gasteiger partial charge on any atom is 0.407 e. The summed E-state index contributed by atoms with van der Waals surface area (Å²) in [6.45, 7) is 3.19. The molecule has 0 aromatic rings. The van der Waals surface area contributed by atoms with E-state index in [1.807, 2.05) is 0 Å². The second-order valence-corrected chi connectivity index (χ2v) is 4.68. The molecule has 0 aromatic heterocycles. The molecule has 6 heteroatoms. The summed E-state index contributed by atoms with van der Waals surface area (Å²) in [7, 11) is 7.81. The number of methoxy groups -OCH3 is 1. The Morgan fingerprint density at radius 3 is 2.35 bits per heavy atom. The Bertz CT molecular complexity index is 204. The molecule has 0 saturated heterocycles. The van der Waals surface area contributed by atoms with Crippen molar-refractivity contribution in [2.24, 2.45) is 0 Å². The van der Waals surface area contributed by atoms with Crippen LogP contribution in [0.15, 0.2) is 0 Å². The fourth-order valence-electron chi connectivity index (χ4n) is 0.982. The first-order chi connectivity index (χ1) is 7.95. The summed E-state index contributed by atoms with van der Waals surface area (Å²) >= 11 is 0. The van der Waals surface area contributed by atoms with Gasteiger partial charge in [0.05, 0.1) is 54.1 Å². The highest BCUT2D eigenvalue weighted by Gasteiger charge is 2.08. The molecule has 0 atom stereocenters. The van der Waals surface area contributed by atoms with Crippen LogP contribution in [-0.4, -0.2) is 78.3 Å². The number of likely N-dealkylation sites (N-methyl/N-ethyl adjacent to an activating group) is 1. The quantitative estimate of drug-likeness (QED) is 0.464. The molecule has 102 valence electrons. The summed E-state index contributed by atoms with van der Waals surface area (Å²) in [4.78, 5) is 11.2. The summed E-state index contributed by atoms with van der Waals surface area (Å²) < 4.78 is 15.7. The van der Waals surface area contributed by atoms with Crippen molar-refractivity contribution in [1.29, 1.82) is 0 Å². The van der Waals surface area contributed by atoms with Crippen LogP contribution in [-0.2, 0) is 14.2 Å². The standard InChI is InChI=1S/C11H24N2O4/c1-13(2,3)6-5-12-11(14)17-10-9-16-8-7-15-4/h5-10H2,1-4H3/p+1. The van der Waals surface area contributed by atoms with Gasteiger partial charge in [-0.1, -0.05) is 0 Å². The van der Waals surface area contributed by atoms with E-state index in [-0.39, 0.29) is 6.61 Å². The molecule has 0 unspecified atom stereocenters. The predicted molar refractivity (Wildman–Crippen MR) is 64.9 cm³/mol. The molecule has 6 nitrogen and oxygen atoms in total. The van der Waals surface area contributed by atoms with E-state index in [0.29, 0.717) is 26.4 Å². The van der Waals surface area contributed by atoms with E-state index in [0.717, 1.165) is 11.0 Å². The molecule has 0 radical (unpaired) electrons. The van der Waals surface area contributed by atoms with Crippen LogP contribution in [0.3, 0.4) is 0 Å². The van der Waals surface area contributed by atoms with Gasteiger partial charge in [0.1, 0.15) is 6.61 Å². The lowest BCUT2D eigenvalue weighted by Gasteiger charge is -2.23. The van der Waals surface area contributed by atoms with Crippen LogP contribution in [0.4, 0.5) is 4.79 Å². The number of amides is 1. The summed E-state index contributed by atoms with van der Waals surface area (Å²) in [5.74, 6) is 0. The molecule has 1 amide bonds. The normalized spacial score (nSPS) is 11.3. The zero-order valence-electron chi connectivity index (χ0n) is 11.3. The minimum Gasteiger partial charge on any atom is -0.447 e. The fraction of sp³-hybridized carbons (Fsp3) is 0.909. The number of nitrogens with one attached hydrogen (secondary N) is 1. The molecule has 0 saturated carbocycles. The van der Waals surface area contributed by atoms with Crippen molar-refractivity contribution in [2.45, 2.75) is 0 Å². The first-order valence-corrected chi connectivity index (χ1v) is 5.73. The summed E-state index contributed by atoms with van der Waals surface area (Å²) in [6.07, 6.45) is -0.395. The minimum atomic E-state index is -0.395. The Kier molecular flexibility index (Phi) is 8.75. The Balaban J connectivity index is 3.29. The maximum atomic E-state index is 11.2. The van der Waals surface area contributed by atoms with E-state index >= 15 is 0 Å². The third-order valence-electron chi connectivity index (χ3n) is 1.94. The SMILES string of the molecule is COCCOCCOC(=O)NCC[N+](C)(C)C. The zero-order chi connectivity index (χ0) is 13.1. The number of hydrogen-bond donors (Lipinski definition) is 1. The summed E-state index contributed by atoms with van der Waals surface area (Å²) in [6, 6.07) is 0. The molecule has 0 spiro atoms. The van der Waals surface area contributed by atoms with Crippen molar-refractivity contribution in [3.63, 3.8) is 0 Å². The highest BCUT2D eigenvalue weighted by atomic mass is 16.6. The van der Waals surface area contributed by atoms with Crippen molar-refractivity contribution >= 4 is 6.09 Å². The molecule has 1 N–H and O–H groups in total. The van der Waals surface area contributed by atoms with Gasteiger partial charge in [0, 0.05) is 7.11 Å². The Morgan fingerprint density at radius 1 is 1.12 bits per heavy atom. The lowest BCUT2D eigenvalue weighted by Crippen LogP contribution is -2.42. The van der Waals surface area contributed by atoms with E-state index in [1.165, 1.54) is 0 Å². The Labute approximate surface area is 103 Å². The van der Waals surface area contributed by atoms with E-state index in [4.69, 9.17) is 14.2 Å². The van der Waals surface area contributed by atoms with Gasteiger partial charge in [-0.15, -0.1) is 0 Å². The van der Waals surface area contributed by atoms with Crippen LogP contribution in [0.5, 0.6) is 0 Å². The smallest absolute Gasteiger partial charge is 0.407 e. The number of quaternary nitrogens is 1. The molecule has 0 fully saturated rings. The molecule has 0 aliphatic rings. The van der Waals surface area contributed by atoms with Crippen molar-refractivity contribution in [1.82, 2.24) is 5.32 Å². The average molecular weight is 249 g/mol. The molecule has 0 heterocycles. The molecule has 0 bridgehead atoms. The van der Waals surface area contributed by atoms with Gasteiger partial charge in [0.15, 0.2) is 0 Å². The van der Waals surface area contributed by atoms with Crippen molar-refractivity contribution < 1.29 is 23.5 Å². The molecule has 0 aliphatic heterocycles. The first-order valence-electron chi connectivity index (χ1n) is 5.73. The minimum absolute atomic E-state index is 0.264. The fourth-order valence-corrected chi connectivity index (χ4v) is 0.982. The summed E-state index contributed by atoms with van der Waals surface area (Å²) in [5.41, 5.74) is 0. The molecule has 0 aromatic carbocycles. The monoisotopic (exact) mass is 249 g/mol. The van der Waals surface area contributed by atoms with Gasteiger partial charge in [0.2, 0.25) is 0 Å². The number of carbonyl (C=O) groups excluding carboxylic acids is 1. The van der Waals surface area contributed by atoms with E-state index in [9.17, 15) is 4.79 Å². The van der Waals surface area contributed by atoms with Gasteiger partial charge >= 0.3 is 6.09 Å². The third kappa shape index (κ3) is 13.1. The molecule has 17 heavy (non-hydrogen) atoms. The van der Waals surface area contributed by atoms with E-state index < -0.39 is 6.09 Å². The first kappa shape index (κ1) is 16.1. The average Bonchev–Trinajstić information content (AvgIpc) is 2.21. The van der Waals surface area contributed by atoms with Gasteiger partial charge in [-0.2, -0.15) is 0 Å². The van der Waals surface area contributed by atoms with Crippen LogP contribution in [0.2, 0.25) is 0 Å². The molecule has 0 aliphatic carbocycles. The van der Waals surface area contributed by atoms with Crippen molar-refractivity contribution in [3.8, 4) is 0 Å². The number of ether oxygens (including phenoxy) is 3. The third-order valence-corrected chi connectivity index (χ3v) is 1.94. The van der Waals surface area contributed by atoms with Crippen molar-refractivity contribution in [3.05, 3.63) is 0 Å². The highest BCUT2D eigenvalue weighted by molar-refractivity contribution is 5.66. The zero-order valence-corrected chi connectivity index (χ0v) is 11.3. The Hall–Kier alpha value is -0.850. The van der Waals surface area contributed by atoms with Gasteiger partial charge in [0.25, 0.3) is 0 Å². The highest BCUT2D eigenvalue weighted by Crippen LogP contribution is 1.87. The lowest BCUT2D eigenvalue weighted by atomic mass is 10.5. The van der Waals surface area contributed by atoms with Crippen LogP contribution < -0.4 is 5.32 Å². The maximum absolute atomic E-state index is 11.2. The lowest BCUT2D eigenvalue weighted by molar-refractivity contribution is -0.869. The predicted octanol–water partition coefficient (Wildman–Crippen LogP) is 0.0818. The molecular weight excluding hydrogens is 224 g/mol. The largest absolute Gasteiger partial charge is 0.447 e. The second-order valence-electron chi connectivity index (χ2n) is 4.68. The van der Waals surface area contributed by atoms with Gasteiger partial charge in [-0.25, -0.2) is 4.79 Å². The van der Waals surface area contributed by atoms with Crippen LogP contribution >= 0.6 is 0 Å².